The van der Waals surface area contributed by atoms with Gasteiger partial charge in [0.2, 0.25) is 5.82 Å². The SMILES string of the molecule is CS(=O)(=O)C1CSCCN1C(=O)c1ncn[nH]1. The van der Waals surface area contributed by atoms with Gasteiger partial charge in [-0.05, 0) is 0 Å². The van der Waals surface area contributed by atoms with Crippen LogP contribution in [0.1, 0.15) is 10.6 Å². The molecule has 1 aliphatic rings. The zero-order chi connectivity index (χ0) is 12.5. The molecule has 0 aromatic carbocycles. The number of carbonyl (C=O) groups is 1. The minimum atomic E-state index is -3.29. The number of nitrogens with one attached hydrogen (secondary N) is 1. The van der Waals surface area contributed by atoms with E-state index in [9.17, 15) is 13.2 Å². The fourth-order valence-electron chi connectivity index (χ4n) is 1.61. The van der Waals surface area contributed by atoms with Crippen LogP contribution in [-0.4, -0.2) is 64.1 Å². The first-order valence-electron chi connectivity index (χ1n) is 4.93. The number of aromatic nitrogens is 3. The van der Waals surface area contributed by atoms with Crippen LogP contribution in [0.5, 0.6) is 0 Å². The summed E-state index contributed by atoms with van der Waals surface area (Å²) in [6.45, 7) is 0.405. The molecule has 0 saturated carbocycles. The number of aromatic amines is 1. The number of rotatable bonds is 2. The predicted octanol–water partition coefficient (Wildman–Crippen LogP) is -0.636. The summed E-state index contributed by atoms with van der Waals surface area (Å²) >= 11 is 1.53. The Morgan fingerprint density at radius 2 is 2.41 bits per heavy atom. The van der Waals surface area contributed by atoms with Crippen molar-refractivity contribution in [2.45, 2.75) is 5.37 Å². The molecule has 0 spiro atoms. The van der Waals surface area contributed by atoms with Crippen LogP contribution in [0.15, 0.2) is 6.33 Å². The molecular weight excluding hydrogens is 264 g/mol. The van der Waals surface area contributed by atoms with E-state index in [4.69, 9.17) is 0 Å². The summed E-state index contributed by atoms with van der Waals surface area (Å²) in [5.41, 5.74) is 0. The molecule has 2 heterocycles. The van der Waals surface area contributed by atoms with Crippen LogP contribution in [0.2, 0.25) is 0 Å². The van der Waals surface area contributed by atoms with Crippen LogP contribution in [0.25, 0.3) is 0 Å². The fraction of sp³-hybridized carbons (Fsp3) is 0.625. The minimum absolute atomic E-state index is 0.0746. The van der Waals surface area contributed by atoms with E-state index in [0.717, 1.165) is 12.0 Å². The van der Waals surface area contributed by atoms with Gasteiger partial charge in [-0.2, -0.15) is 16.9 Å². The average Bonchev–Trinajstić information content (AvgIpc) is 2.80. The van der Waals surface area contributed by atoms with E-state index < -0.39 is 21.1 Å². The van der Waals surface area contributed by atoms with Gasteiger partial charge in [-0.3, -0.25) is 9.89 Å². The summed E-state index contributed by atoms with van der Waals surface area (Å²) < 4.78 is 23.2. The average molecular weight is 276 g/mol. The molecule has 0 radical (unpaired) electrons. The van der Waals surface area contributed by atoms with Gasteiger partial charge in [0.1, 0.15) is 11.7 Å². The summed E-state index contributed by atoms with van der Waals surface area (Å²) in [5, 5.41) is 5.26. The van der Waals surface area contributed by atoms with Gasteiger partial charge in [-0.1, -0.05) is 0 Å². The molecule has 1 aromatic rings. The summed E-state index contributed by atoms with van der Waals surface area (Å²) in [6.07, 6.45) is 2.37. The van der Waals surface area contributed by atoms with Gasteiger partial charge >= 0.3 is 0 Å². The summed E-state index contributed by atoms with van der Waals surface area (Å²) in [4.78, 5) is 17.1. The second kappa shape index (κ2) is 4.65. The summed E-state index contributed by atoms with van der Waals surface area (Å²) in [5.74, 6) is 0.786. The number of carbonyl (C=O) groups excluding carboxylic acids is 1. The molecule has 1 amide bonds. The quantitative estimate of drug-likeness (QED) is 0.772. The Bertz CT molecular complexity index is 499. The van der Waals surface area contributed by atoms with Gasteiger partial charge in [0, 0.05) is 24.3 Å². The Hall–Kier alpha value is -1.09. The summed E-state index contributed by atoms with van der Waals surface area (Å²) in [7, 11) is -3.29. The van der Waals surface area contributed by atoms with Crippen molar-refractivity contribution in [3.8, 4) is 0 Å². The lowest BCUT2D eigenvalue weighted by atomic mass is 10.4. The van der Waals surface area contributed by atoms with E-state index >= 15 is 0 Å². The molecule has 1 atom stereocenters. The maximum atomic E-state index is 12.0. The molecule has 1 aromatic heterocycles. The highest BCUT2D eigenvalue weighted by molar-refractivity contribution is 8.00. The Balaban J connectivity index is 2.26. The molecule has 0 bridgehead atoms. The first-order valence-corrected chi connectivity index (χ1v) is 8.04. The number of hydrogen-bond donors (Lipinski definition) is 1. The van der Waals surface area contributed by atoms with E-state index in [2.05, 4.69) is 15.2 Å². The minimum Gasteiger partial charge on any atom is -0.317 e. The largest absolute Gasteiger partial charge is 0.317 e. The molecule has 1 saturated heterocycles. The lowest BCUT2D eigenvalue weighted by Crippen LogP contribution is -2.50. The number of sulfone groups is 1. The van der Waals surface area contributed by atoms with E-state index in [-0.39, 0.29) is 5.82 Å². The normalized spacial score (nSPS) is 21.5. The van der Waals surface area contributed by atoms with Crippen molar-refractivity contribution in [3.63, 3.8) is 0 Å². The zero-order valence-electron chi connectivity index (χ0n) is 9.16. The first-order chi connectivity index (χ1) is 8.00. The molecule has 17 heavy (non-hydrogen) atoms. The molecule has 1 aliphatic heterocycles. The second-order valence-corrected chi connectivity index (χ2v) is 7.04. The van der Waals surface area contributed by atoms with Crippen molar-refractivity contribution < 1.29 is 13.2 Å². The van der Waals surface area contributed by atoms with Crippen LogP contribution < -0.4 is 0 Å². The highest BCUT2D eigenvalue weighted by Crippen LogP contribution is 2.21. The number of H-pyrrole nitrogens is 1. The third-order valence-electron chi connectivity index (χ3n) is 2.46. The van der Waals surface area contributed by atoms with Crippen molar-refractivity contribution in [1.29, 1.82) is 0 Å². The Kier molecular flexibility index (Phi) is 3.38. The van der Waals surface area contributed by atoms with E-state index in [1.54, 1.807) is 0 Å². The Morgan fingerprint density at radius 3 is 3.00 bits per heavy atom. The zero-order valence-corrected chi connectivity index (χ0v) is 10.8. The van der Waals surface area contributed by atoms with Gasteiger partial charge in [0.25, 0.3) is 5.91 Å². The van der Waals surface area contributed by atoms with Crippen LogP contribution in [-0.2, 0) is 9.84 Å². The number of hydrogen-bond acceptors (Lipinski definition) is 6. The first kappa shape index (κ1) is 12.4. The van der Waals surface area contributed by atoms with Gasteiger partial charge < -0.3 is 4.90 Å². The molecule has 7 nitrogen and oxygen atoms in total. The van der Waals surface area contributed by atoms with Crippen molar-refractivity contribution >= 4 is 27.5 Å². The molecule has 1 unspecified atom stereocenters. The predicted molar refractivity (Wildman–Crippen MR) is 63.4 cm³/mol. The monoisotopic (exact) mass is 276 g/mol. The standard InChI is InChI=1S/C8H12N4O3S2/c1-17(14,15)6-4-16-3-2-12(6)8(13)7-9-5-10-11-7/h5-6H,2-4H2,1H3,(H,9,10,11). The molecule has 0 aliphatic carbocycles. The van der Waals surface area contributed by atoms with E-state index in [0.29, 0.717) is 12.3 Å². The van der Waals surface area contributed by atoms with Crippen molar-refractivity contribution in [3.05, 3.63) is 12.2 Å². The molecule has 9 heteroatoms. The van der Waals surface area contributed by atoms with E-state index in [1.807, 2.05) is 0 Å². The molecule has 94 valence electrons. The van der Waals surface area contributed by atoms with E-state index in [1.165, 1.54) is 23.0 Å². The lowest BCUT2D eigenvalue weighted by Gasteiger charge is -2.33. The van der Waals surface area contributed by atoms with Gasteiger partial charge in [0.15, 0.2) is 9.84 Å². The lowest BCUT2D eigenvalue weighted by molar-refractivity contribution is 0.0738. The summed E-state index contributed by atoms with van der Waals surface area (Å²) in [6, 6.07) is 0. The molecule has 1 fully saturated rings. The fourth-order valence-corrected chi connectivity index (χ4v) is 4.43. The van der Waals surface area contributed by atoms with Crippen LogP contribution in [0.3, 0.4) is 0 Å². The van der Waals surface area contributed by atoms with Crippen molar-refractivity contribution in [2.75, 3.05) is 24.3 Å². The van der Waals surface area contributed by atoms with Crippen LogP contribution in [0.4, 0.5) is 0 Å². The topological polar surface area (TPSA) is 96.0 Å². The Labute approximate surface area is 103 Å². The third-order valence-corrected chi connectivity index (χ3v) is 5.10. The van der Waals surface area contributed by atoms with Crippen LogP contribution in [0, 0.1) is 0 Å². The highest BCUT2D eigenvalue weighted by Gasteiger charge is 2.35. The maximum Gasteiger partial charge on any atom is 0.292 e. The third kappa shape index (κ3) is 2.60. The number of thioether (sulfide) groups is 1. The highest BCUT2D eigenvalue weighted by atomic mass is 32.2. The second-order valence-electron chi connectivity index (χ2n) is 3.69. The molecule has 2 rings (SSSR count). The molecule has 1 N–H and O–H groups in total. The molecular formula is C8H12N4O3S2. The smallest absolute Gasteiger partial charge is 0.292 e. The van der Waals surface area contributed by atoms with Gasteiger partial charge in [-0.15, -0.1) is 0 Å². The maximum absolute atomic E-state index is 12.0. The van der Waals surface area contributed by atoms with Crippen LogP contribution >= 0.6 is 11.8 Å². The number of amides is 1. The van der Waals surface area contributed by atoms with Gasteiger partial charge in [-0.25, -0.2) is 13.4 Å². The number of nitrogens with zero attached hydrogens (tertiary/aromatic N) is 3. The Morgan fingerprint density at radius 1 is 1.65 bits per heavy atom. The van der Waals surface area contributed by atoms with Crippen molar-refractivity contribution in [1.82, 2.24) is 20.1 Å². The van der Waals surface area contributed by atoms with Crippen molar-refractivity contribution in [2.24, 2.45) is 0 Å². The van der Waals surface area contributed by atoms with Gasteiger partial charge in [0.05, 0.1) is 0 Å².